The molecule has 1 aromatic rings. The Morgan fingerprint density at radius 3 is 2.31 bits per heavy atom. The summed E-state index contributed by atoms with van der Waals surface area (Å²) in [4.78, 5) is 11.8. The summed E-state index contributed by atoms with van der Waals surface area (Å²) in [5.41, 5.74) is 6.92. The second-order valence-electron chi connectivity index (χ2n) is 4.25. The Kier molecular flexibility index (Phi) is 4.07. The molecular weight excluding hydrogens is 202 g/mol. The molecule has 3 nitrogen and oxygen atoms in total. The molecule has 0 aliphatic carbocycles. The molecule has 0 heterocycles. The molecule has 0 fully saturated rings. The van der Waals surface area contributed by atoms with Crippen molar-refractivity contribution < 1.29 is 9.53 Å². The van der Waals surface area contributed by atoms with Crippen LogP contribution in [0.3, 0.4) is 0 Å². The molecule has 0 bridgehead atoms. The van der Waals surface area contributed by atoms with E-state index in [-0.39, 0.29) is 5.97 Å². The molecule has 0 aliphatic rings. The average molecular weight is 221 g/mol. The summed E-state index contributed by atoms with van der Waals surface area (Å²) >= 11 is 0. The zero-order valence-corrected chi connectivity index (χ0v) is 10.1. The highest BCUT2D eigenvalue weighted by molar-refractivity contribution is 5.82. The van der Waals surface area contributed by atoms with Crippen molar-refractivity contribution in [1.29, 1.82) is 0 Å². The van der Waals surface area contributed by atoms with Crippen LogP contribution in [-0.2, 0) is 21.5 Å². The van der Waals surface area contributed by atoms with Crippen LogP contribution < -0.4 is 5.73 Å². The minimum Gasteiger partial charge on any atom is -0.465 e. The maximum absolute atomic E-state index is 11.8. The van der Waals surface area contributed by atoms with Crippen LogP contribution in [-0.4, -0.2) is 12.6 Å². The third kappa shape index (κ3) is 2.61. The Hall–Kier alpha value is -1.35. The van der Waals surface area contributed by atoms with E-state index >= 15 is 0 Å². The maximum Gasteiger partial charge on any atom is 0.315 e. The van der Waals surface area contributed by atoms with Gasteiger partial charge in [0, 0.05) is 6.54 Å². The molecule has 0 atom stereocenters. The summed E-state index contributed by atoms with van der Waals surface area (Å²) in [5.74, 6) is -0.199. The smallest absolute Gasteiger partial charge is 0.315 e. The molecule has 16 heavy (non-hydrogen) atoms. The van der Waals surface area contributed by atoms with Crippen LogP contribution in [0.2, 0.25) is 0 Å². The third-order valence-corrected chi connectivity index (χ3v) is 2.70. The number of nitrogens with two attached hydrogens (primary N) is 1. The van der Waals surface area contributed by atoms with E-state index in [1.807, 2.05) is 45.0 Å². The minimum atomic E-state index is -0.608. The number of rotatable bonds is 4. The van der Waals surface area contributed by atoms with Crippen LogP contribution in [0, 0.1) is 0 Å². The summed E-state index contributed by atoms with van der Waals surface area (Å²) in [6.07, 6.45) is 0. The van der Waals surface area contributed by atoms with Crippen molar-refractivity contribution in [3.8, 4) is 0 Å². The van der Waals surface area contributed by atoms with Crippen molar-refractivity contribution in [3.05, 3.63) is 35.4 Å². The summed E-state index contributed by atoms with van der Waals surface area (Å²) in [7, 11) is 0. The van der Waals surface area contributed by atoms with Crippen molar-refractivity contribution >= 4 is 5.97 Å². The van der Waals surface area contributed by atoms with E-state index in [4.69, 9.17) is 10.5 Å². The van der Waals surface area contributed by atoms with E-state index < -0.39 is 5.41 Å². The fourth-order valence-electron chi connectivity index (χ4n) is 1.49. The summed E-state index contributed by atoms with van der Waals surface area (Å²) in [5, 5.41) is 0. The maximum atomic E-state index is 11.8. The van der Waals surface area contributed by atoms with Gasteiger partial charge in [0.2, 0.25) is 0 Å². The molecule has 0 spiro atoms. The van der Waals surface area contributed by atoms with Gasteiger partial charge in [-0.2, -0.15) is 0 Å². The molecule has 3 heteroatoms. The quantitative estimate of drug-likeness (QED) is 0.791. The van der Waals surface area contributed by atoms with Gasteiger partial charge in [0.25, 0.3) is 0 Å². The highest BCUT2D eigenvalue weighted by atomic mass is 16.5. The minimum absolute atomic E-state index is 0.199. The van der Waals surface area contributed by atoms with Crippen molar-refractivity contribution in [3.63, 3.8) is 0 Å². The van der Waals surface area contributed by atoms with Gasteiger partial charge in [-0.25, -0.2) is 0 Å². The van der Waals surface area contributed by atoms with Gasteiger partial charge >= 0.3 is 5.97 Å². The highest BCUT2D eigenvalue weighted by Gasteiger charge is 2.30. The van der Waals surface area contributed by atoms with Crippen molar-refractivity contribution in [2.75, 3.05) is 6.61 Å². The lowest BCUT2D eigenvalue weighted by Gasteiger charge is -2.22. The largest absolute Gasteiger partial charge is 0.465 e. The second kappa shape index (κ2) is 5.12. The highest BCUT2D eigenvalue weighted by Crippen LogP contribution is 2.25. The molecular formula is C13H19NO2. The first-order valence-corrected chi connectivity index (χ1v) is 5.49. The second-order valence-corrected chi connectivity index (χ2v) is 4.25. The van der Waals surface area contributed by atoms with Gasteiger partial charge in [-0.1, -0.05) is 24.3 Å². The fraction of sp³-hybridized carbons (Fsp3) is 0.462. The van der Waals surface area contributed by atoms with Crippen LogP contribution >= 0.6 is 0 Å². The average Bonchev–Trinajstić information content (AvgIpc) is 2.29. The molecule has 0 saturated heterocycles. The first kappa shape index (κ1) is 12.7. The third-order valence-electron chi connectivity index (χ3n) is 2.70. The van der Waals surface area contributed by atoms with Crippen LogP contribution in [0.25, 0.3) is 0 Å². The first-order chi connectivity index (χ1) is 7.52. The van der Waals surface area contributed by atoms with Crippen molar-refractivity contribution in [2.45, 2.75) is 32.7 Å². The number of hydrogen-bond acceptors (Lipinski definition) is 3. The van der Waals surface area contributed by atoms with Gasteiger partial charge in [0.15, 0.2) is 0 Å². The van der Waals surface area contributed by atoms with Crippen LogP contribution in [0.4, 0.5) is 0 Å². The normalized spacial score (nSPS) is 11.2. The molecule has 88 valence electrons. The number of esters is 1. The Bertz CT molecular complexity index is 355. The van der Waals surface area contributed by atoms with E-state index in [9.17, 15) is 4.79 Å². The van der Waals surface area contributed by atoms with E-state index in [0.29, 0.717) is 13.2 Å². The summed E-state index contributed by atoms with van der Waals surface area (Å²) < 4.78 is 5.05. The first-order valence-electron chi connectivity index (χ1n) is 5.49. The van der Waals surface area contributed by atoms with Gasteiger partial charge in [-0.3, -0.25) is 4.79 Å². The van der Waals surface area contributed by atoms with E-state index in [0.717, 1.165) is 11.1 Å². The van der Waals surface area contributed by atoms with Gasteiger partial charge in [-0.15, -0.1) is 0 Å². The van der Waals surface area contributed by atoms with E-state index in [2.05, 4.69) is 0 Å². The van der Waals surface area contributed by atoms with E-state index in [1.54, 1.807) is 0 Å². The SMILES string of the molecule is CCOC(=O)C(C)(C)c1ccc(CN)cc1. The molecule has 1 aromatic carbocycles. The summed E-state index contributed by atoms with van der Waals surface area (Å²) in [6, 6.07) is 7.74. The predicted molar refractivity (Wildman–Crippen MR) is 64.0 cm³/mol. The van der Waals surface area contributed by atoms with Gasteiger partial charge < -0.3 is 10.5 Å². The Labute approximate surface area is 96.6 Å². The van der Waals surface area contributed by atoms with Crippen LogP contribution in [0.15, 0.2) is 24.3 Å². The zero-order valence-electron chi connectivity index (χ0n) is 10.1. The standard InChI is InChI=1S/C13H19NO2/c1-4-16-12(15)13(2,3)11-7-5-10(9-14)6-8-11/h5-8H,4,9,14H2,1-3H3. The van der Waals surface area contributed by atoms with Gasteiger partial charge in [-0.05, 0) is 31.9 Å². The Balaban J connectivity index is 2.93. The number of hydrogen-bond donors (Lipinski definition) is 1. The lowest BCUT2D eigenvalue weighted by molar-refractivity contribution is -0.148. The predicted octanol–water partition coefficient (Wildman–Crippen LogP) is 1.99. The molecule has 0 saturated carbocycles. The number of carbonyl (C=O) groups excluding carboxylic acids is 1. The van der Waals surface area contributed by atoms with E-state index in [1.165, 1.54) is 0 Å². The molecule has 0 aromatic heterocycles. The molecule has 1 rings (SSSR count). The van der Waals surface area contributed by atoms with Crippen molar-refractivity contribution in [1.82, 2.24) is 0 Å². The molecule has 0 aliphatic heterocycles. The van der Waals surface area contributed by atoms with Gasteiger partial charge in [0.1, 0.15) is 0 Å². The van der Waals surface area contributed by atoms with Crippen molar-refractivity contribution in [2.24, 2.45) is 5.73 Å². The summed E-state index contributed by atoms with van der Waals surface area (Å²) in [6.45, 7) is 6.46. The fourth-order valence-corrected chi connectivity index (χ4v) is 1.49. The number of carbonyl (C=O) groups is 1. The molecule has 2 N–H and O–H groups in total. The lowest BCUT2D eigenvalue weighted by Crippen LogP contribution is -2.31. The zero-order chi connectivity index (χ0) is 12.2. The van der Waals surface area contributed by atoms with Gasteiger partial charge in [0.05, 0.1) is 12.0 Å². The number of ether oxygens (including phenoxy) is 1. The number of benzene rings is 1. The van der Waals surface area contributed by atoms with Crippen LogP contribution in [0.5, 0.6) is 0 Å². The Morgan fingerprint density at radius 2 is 1.88 bits per heavy atom. The molecule has 0 amide bonds. The molecule has 0 radical (unpaired) electrons. The Morgan fingerprint density at radius 1 is 1.31 bits per heavy atom. The molecule has 0 unspecified atom stereocenters. The van der Waals surface area contributed by atoms with Crippen LogP contribution in [0.1, 0.15) is 31.9 Å². The monoisotopic (exact) mass is 221 g/mol. The topological polar surface area (TPSA) is 52.3 Å². The lowest BCUT2D eigenvalue weighted by atomic mass is 9.84.